The van der Waals surface area contributed by atoms with Gasteiger partial charge in [-0.2, -0.15) is 0 Å². The number of carbonyl (C=O) groups is 1. The van der Waals surface area contributed by atoms with E-state index in [0.29, 0.717) is 12.3 Å². The molecule has 0 saturated carbocycles. The lowest BCUT2D eigenvalue weighted by atomic mass is 9.97. The van der Waals surface area contributed by atoms with E-state index in [4.69, 9.17) is 28.4 Å². The highest BCUT2D eigenvalue weighted by Crippen LogP contribution is 2.37. The molecule has 0 radical (unpaired) electrons. The summed E-state index contributed by atoms with van der Waals surface area (Å²) >= 11 is 0. The maximum atomic E-state index is 12.8. The molecule has 1 amide bonds. The van der Waals surface area contributed by atoms with Crippen LogP contribution in [0.1, 0.15) is 17.4 Å². The number of anilines is 1. The van der Waals surface area contributed by atoms with Gasteiger partial charge in [0.25, 0.3) is 0 Å². The van der Waals surface area contributed by atoms with Crippen LogP contribution in [0.4, 0.5) is 10.5 Å². The maximum absolute atomic E-state index is 12.8. The summed E-state index contributed by atoms with van der Waals surface area (Å²) in [7, 11) is 1.50. The van der Waals surface area contributed by atoms with Gasteiger partial charge in [0.15, 0.2) is 18.7 Å². The van der Waals surface area contributed by atoms with Crippen LogP contribution in [-0.4, -0.2) is 50.5 Å². The Kier molecular flexibility index (Phi) is 7.90. The summed E-state index contributed by atoms with van der Waals surface area (Å²) in [6.07, 6.45) is -4.70. The third kappa shape index (κ3) is 5.75. The van der Waals surface area contributed by atoms with Crippen molar-refractivity contribution in [3.63, 3.8) is 0 Å². The Morgan fingerprint density at radius 2 is 1.56 bits per heavy atom. The first-order valence-electron chi connectivity index (χ1n) is 11.9. The third-order valence-corrected chi connectivity index (χ3v) is 6.14. The van der Waals surface area contributed by atoms with E-state index in [9.17, 15) is 4.79 Å². The highest BCUT2D eigenvalue weighted by atomic mass is 16.8. The lowest BCUT2D eigenvalue weighted by molar-refractivity contribution is -0.362. The number of methoxy groups -OCH3 is 1. The van der Waals surface area contributed by atoms with E-state index in [1.807, 2.05) is 78.9 Å². The monoisotopic (exact) mass is 491 g/mol. The average Bonchev–Trinajstić information content (AvgIpc) is 2.93. The van der Waals surface area contributed by atoms with Crippen molar-refractivity contribution in [1.82, 2.24) is 0 Å². The molecule has 2 heterocycles. The van der Waals surface area contributed by atoms with Crippen molar-refractivity contribution in [3.05, 3.63) is 102 Å². The number of ether oxygens (including phenoxy) is 6. The van der Waals surface area contributed by atoms with Crippen molar-refractivity contribution in [2.24, 2.45) is 0 Å². The zero-order valence-electron chi connectivity index (χ0n) is 19.9. The number of hydrogen-bond donors (Lipinski definition) is 1. The third-order valence-electron chi connectivity index (χ3n) is 6.14. The summed E-state index contributed by atoms with van der Waals surface area (Å²) in [6, 6.07) is 28.5. The minimum Gasteiger partial charge on any atom is -0.438 e. The van der Waals surface area contributed by atoms with Gasteiger partial charge in [0.2, 0.25) is 0 Å². The molecule has 6 atom stereocenters. The molecule has 1 N–H and O–H groups in total. The summed E-state index contributed by atoms with van der Waals surface area (Å²) in [5.74, 6) is 0. The van der Waals surface area contributed by atoms with Crippen LogP contribution in [0.15, 0.2) is 91.0 Å². The lowest BCUT2D eigenvalue weighted by Crippen LogP contribution is -2.64. The topological polar surface area (TPSA) is 84.5 Å². The predicted molar refractivity (Wildman–Crippen MR) is 131 cm³/mol. The second kappa shape index (κ2) is 11.6. The Bertz CT molecular complexity index is 1100. The van der Waals surface area contributed by atoms with Crippen LogP contribution in [0, 0.1) is 0 Å². The minimum atomic E-state index is -0.891. The molecule has 0 aromatic heterocycles. The van der Waals surface area contributed by atoms with Crippen LogP contribution in [-0.2, 0) is 35.0 Å². The molecule has 0 spiro atoms. The second-order valence-electron chi connectivity index (χ2n) is 8.58. The van der Waals surface area contributed by atoms with Crippen molar-refractivity contribution in [1.29, 1.82) is 0 Å². The number of nitrogens with one attached hydrogen (secondary N) is 1. The molecule has 2 fully saturated rings. The lowest BCUT2D eigenvalue weighted by Gasteiger charge is -2.48. The molecule has 3 aromatic rings. The highest BCUT2D eigenvalue weighted by molar-refractivity contribution is 5.84. The van der Waals surface area contributed by atoms with E-state index in [1.165, 1.54) is 7.11 Å². The Morgan fingerprint density at radius 1 is 0.889 bits per heavy atom. The molecular weight excluding hydrogens is 462 g/mol. The number of amides is 1. The fraction of sp³-hybridized carbons (Fsp3) is 0.321. The van der Waals surface area contributed by atoms with Crippen molar-refractivity contribution in [2.75, 3.05) is 19.0 Å². The summed E-state index contributed by atoms with van der Waals surface area (Å²) in [6.45, 7) is 0.573. The quantitative estimate of drug-likeness (QED) is 0.514. The fourth-order valence-electron chi connectivity index (χ4n) is 4.39. The summed E-state index contributed by atoms with van der Waals surface area (Å²) in [5.41, 5.74) is 2.47. The number of hydrogen-bond acceptors (Lipinski definition) is 7. The number of rotatable bonds is 7. The van der Waals surface area contributed by atoms with E-state index in [-0.39, 0.29) is 6.61 Å². The van der Waals surface area contributed by atoms with Crippen LogP contribution < -0.4 is 5.32 Å². The van der Waals surface area contributed by atoms with Gasteiger partial charge >= 0.3 is 6.09 Å². The molecule has 2 aliphatic heterocycles. The smallest absolute Gasteiger partial charge is 0.412 e. The number of carbonyl (C=O) groups excluding carboxylic acids is 1. The van der Waals surface area contributed by atoms with Gasteiger partial charge in [0.05, 0.1) is 13.2 Å². The number of para-hydroxylation sites is 1. The first-order chi connectivity index (χ1) is 17.7. The van der Waals surface area contributed by atoms with Gasteiger partial charge in [-0.25, -0.2) is 4.79 Å². The zero-order valence-corrected chi connectivity index (χ0v) is 19.9. The molecule has 0 bridgehead atoms. The zero-order chi connectivity index (χ0) is 24.7. The first kappa shape index (κ1) is 24.4. The Balaban J connectivity index is 1.38. The standard InChI is InChI=1S/C28H29NO7/c1-31-27-25(36-28(30)29-21-15-9-4-10-16-21)24(32-17-19-11-5-2-6-12-19)23-22(34-27)18-33-26(35-23)20-13-7-3-8-14-20/h2-16,22-27H,17-18H2,1H3,(H,29,30)/t22-,23-,24+,25-,26-,27+/m1/s1. The SMILES string of the molecule is CO[C@H]1O[C@@H]2CO[C@@H](c3ccccc3)O[C@H]2[C@H](OCc2ccccc2)[C@H]1OC(=O)Nc1ccccc1. The molecule has 3 aromatic carbocycles. The van der Waals surface area contributed by atoms with Crippen molar-refractivity contribution in [2.45, 2.75) is 43.6 Å². The fourth-order valence-corrected chi connectivity index (χ4v) is 4.39. The summed E-state index contributed by atoms with van der Waals surface area (Å²) < 4.78 is 36.2. The number of benzene rings is 3. The van der Waals surface area contributed by atoms with E-state index >= 15 is 0 Å². The Hall–Kier alpha value is -3.27. The minimum absolute atomic E-state index is 0.276. The van der Waals surface area contributed by atoms with Gasteiger partial charge in [-0.3, -0.25) is 5.32 Å². The van der Waals surface area contributed by atoms with Crippen molar-refractivity contribution in [3.8, 4) is 0 Å². The van der Waals surface area contributed by atoms with Crippen LogP contribution in [0.5, 0.6) is 0 Å². The molecule has 8 nitrogen and oxygen atoms in total. The highest BCUT2D eigenvalue weighted by Gasteiger charge is 2.52. The normalized spacial score (nSPS) is 27.6. The van der Waals surface area contributed by atoms with Gasteiger partial charge < -0.3 is 28.4 Å². The van der Waals surface area contributed by atoms with Gasteiger partial charge in [-0.05, 0) is 17.7 Å². The van der Waals surface area contributed by atoms with Crippen molar-refractivity contribution < 1.29 is 33.2 Å². The molecule has 188 valence electrons. The summed E-state index contributed by atoms with van der Waals surface area (Å²) in [4.78, 5) is 12.8. The number of fused-ring (bicyclic) bond motifs is 1. The second-order valence-corrected chi connectivity index (χ2v) is 8.58. The Morgan fingerprint density at radius 3 is 2.25 bits per heavy atom. The molecular formula is C28H29NO7. The largest absolute Gasteiger partial charge is 0.438 e. The molecule has 0 unspecified atom stereocenters. The molecule has 2 aliphatic rings. The first-order valence-corrected chi connectivity index (χ1v) is 11.9. The molecule has 36 heavy (non-hydrogen) atoms. The average molecular weight is 492 g/mol. The molecule has 2 saturated heterocycles. The predicted octanol–water partition coefficient (Wildman–Crippen LogP) is 4.67. The van der Waals surface area contributed by atoms with Crippen LogP contribution in [0.25, 0.3) is 0 Å². The Labute approximate surface area is 210 Å². The van der Waals surface area contributed by atoms with Crippen LogP contribution in [0.2, 0.25) is 0 Å². The van der Waals surface area contributed by atoms with Gasteiger partial charge in [0.1, 0.15) is 18.3 Å². The van der Waals surface area contributed by atoms with Gasteiger partial charge in [-0.1, -0.05) is 78.9 Å². The summed E-state index contributed by atoms with van der Waals surface area (Å²) in [5, 5.41) is 2.74. The van der Waals surface area contributed by atoms with E-state index in [2.05, 4.69) is 5.32 Å². The van der Waals surface area contributed by atoms with E-state index < -0.39 is 43.1 Å². The maximum Gasteiger partial charge on any atom is 0.412 e. The molecule has 0 aliphatic carbocycles. The molecule has 5 rings (SSSR count). The van der Waals surface area contributed by atoms with Gasteiger partial charge in [0, 0.05) is 18.4 Å². The van der Waals surface area contributed by atoms with E-state index in [1.54, 1.807) is 12.1 Å². The van der Waals surface area contributed by atoms with E-state index in [0.717, 1.165) is 11.1 Å². The van der Waals surface area contributed by atoms with Gasteiger partial charge in [-0.15, -0.1) is 0 Å². The van der Waals surface area contributed by atoms with Crippen LogP contribution in [0.3, 0.4) is 0 Å². The van der Waals surface area contributed by atoms with Crippen LogP contribution >= 0.6 is 0 Å². The van der Waals surface area contributed by atoms with Crippen molar-refractivity contribution >= 4 is 11.8 Å². The molecule has 8 heteroatoms.